The van der Waals surface area contributed by atoms with Gasteiger partial charge in [0.15, 0.2) is 12.4 Å². The van der Waals surface area contributed by atoms with Crippen molar-refractivity contribution in [2.24, 2.45) is 0 Å². The van der Waals surface area contributed by atoms with E-state index in [-0.39, 0.29) is 24.0 Å². The minimum atomic E-state index is -3.97. The molecule has 1 N–H and O–H groups in total. The summed E-state index contributed by atoms with van der Waals surface area (Å²) < 4.78 is 44.3. The fourth-order valence-corrected chi connectivity index (χ4v) is 4.18. The summed E-state index contributed by atoms with van der Waals surface area (Å²) in [5.74, 6) is 1.19. The summed E-state index contributed by atoms with van der Waals surface area (Å²) in [6.45, 7) is 1.73. The van der Waals surface area contributed by atoms with Crippen LogP contribution in [0.5, 0.6) is 11.5 Å². The Morgan fingerprint density at radius 1 is 1.23 bits per heavy atom. The van der Waals surface area contributed by atoms with Crippen LogP contribution in [0.3, 0.4) is 0 Å². The molecule has 0 saturated carbocycles. The van der Waals surface area contributed by atoms with Crippen LogP contribution in [0, 0.1) is 0 Å². The van der Waals surface area contributed by atoms with Gasteiger partial charge in [-0.3, -0.25) is 14.4 Å². The fraction of sp³-hybridized carbons (Fsp3) is 0.250. The molecule has 4 rings (SSSR count). The number of amides is 1. The van der Waals surface area contributed by atoms with E-state index in [9.17, 15) is 13.2 Å². The molecule has 1 aromatic heterocycles. The lowest BCUT2D eigenvalue weighted by Crippen LogP contribution is -2.38. The van der Waals surface area contributed by atoms with Crippen molar-refractivity contribution < 1.29 is 27.2 Å². The Bertz CT molecular complexity index is 1220. The van der Waals surface area contributed by atoms with E-state index >= 15 is 0 Å². The van der Waals surface area contributed by atoms with Crippen molar-refractivity contribution in [2.75, 3.05) is 23.3 Å². The Balaban J connectivity index is 1.67. The van der Waals surface area contributed by atoms with Gasteiger partial charge in [-0.1, -0.05) is 24.2 Å². The summed E-state index contributed by atoms with van der Waals surface area (Å²) in [5.41, 5.74) is 0.604. The predicted molar refractivity (Wildman–Crippen MR) is 111 cm³/mol. The van der Waals surface area contributed by atoms with Crippen molar-refractivity contribution >= 4 is 27.3 Å². The number of nitrogens with one attached hydrogen (secondary N) is 1. The van der Waals surface area contributed by atoms with Crippen LogP contribution in [0.4, 0.5) is 11.4 Å². The second-order valence-electron chi connectivity index (χ2n) is 6.66. The van der Waals surface area contributed by atoms with Gasteiger partial charge in [0, 0.05) is 6.42 Å². The molecule has 0 bridgehead atoms. The monoisotopic (exact) mass is 444 g/mol. The molecule has 1 aliphatic heterocycles. The molecule has 3 aromatic rings. The van der Waals surface area contributed by atoms with E-state index in [1.54, 1.807) is 24.3 Å². The van der Waals surface area contributed by atoms with Crippen LogP contribution in [0.25, 0.3) is 0 Å². The van der Waals surface area contributed by atoms with Gasteiger partial charge in [0.1, 0.15) is 11.5 Å². The zero-order valence-corrected chi connectivity index (χ0v) is 17.7. The maximum Gasteiger partial charge on any atom is 0.265 e. The number of fused-ring (bicyclic) bond motifs is 1. The highest BCUT2D eigenvalue weighted by molar-refractivity contribution is 7.92. The van der Waals surface area contributed by atoms with Crippen molar-refractivity contribution in [2.45, 2.75) is 24.8 Å². The SMILES string of the molecule is CCc1nc(CN2C(=O)COc3ccc(S(=O)(=O)Nc4ccccc4OC)cc32)no1. The molecular weight excluding hydrogens is 424 g/mol. The van der Waals surface area contributed by atoms with E-state index in [0.717, 1.165) is 0 Å². The summed E-state index contributed by atoms with van der Waals surface area (Å²) in [4.78, 5) is 18.1. The molecule has 0 unspecified atom stereocenters. The summed E-state index contributed by atoms with van der Waals surface area (Å²) in [6.07, 6.45) is 0.567. The molecule has 31 heavy (non-hydrogen) atoms. The number of methoxy groups -OCH3 is 1. The molecule has 0 radical (unpaired) electrons. The van der Waals surface area contributed by atoms with Crippen LogP contribution in [0.2, 0.25) is 0 Å². The van der Waals surface area contributed by atoms with Gasteiger partial charge < -0.3 is 14.0 Å². The molecule has 1 aliphatic rings. The fourth-order valence-electron chi connectivity index (χ4n) is 3.09. The van der Waals surface area contributed by atoms with Crippen molar-refractivity contribution in [3.05, 3.63) is 54.2 Å². The molecule has 162 valence electrons. The quantitative estimate of drug-likeness (QED) is 0.589. The predicted octanol–water partition coefficient (Wildman–Crippen LogP) is 2.37. The Morgan fingerprint density at radius 3 is 2.77 bits per heavy atom. The second-order valence-corrected chi connectivity index (χ2v) is 8.34. The standard InChI is InChI=1S/C20H20N4O6S/c1-3-19-21-18(22-30-19)11-24-15-10-13(8-9-17(15)29-12-20(24)25)31(26,27)23-14-6-4-5-7-16(14)28-2/h4-10,23H,3,11-12H2,1-2H3. The first-order chi connectivity index (χ1) is 14.9. The number of nitrogens with zero attached hydrogens (tertiary/aromatic N) is 3. The number of carbonyl (C=O) groups is 1. The molecule has 0 saturated heterocycles. The summed E-state index contributed by atoms with van der Waals surface area (Å²) in [7, 11) is -2.51. The van der Waals surface area contributed by atoms with Gasteiger partial charge in [0.05, 0.1) is 29.9 Å². The molecule has 0 spiro atoms. The van der Waals surface area contributed by atoms with Crippen LogP contribution in [-0.2, 0) is 27.8 Å². The van der Waals surface area contributed by atoms with Crippen LogP contribution in [-0.4, -0.2) is 38.2 Å². The van der Waals surface area contributed by atoms with E-state index in [1.807, 2.05) is 6.92 Å². The number of hydrogen-bond donors (Lipinski definition) is 1. The number of anilines is 2. The number of aromatic nitrogens is 2. The highest BCUT2D eigenvalue weighted by atomic mass is 32.2. The van der Waals surface area contributed by atoms with E-state index < -0.39 is 10.0 Å². The highest BCUT2D eigenvalue weighted by Crippen LogP contribution is 2.36. The largest absolute Gasteiger partial charge is 0.495 e. The third kappa shape index (κ3) is 4.17. The van der Waals surface area contributed by atoms with E-state index in [2.05, 4.69) is 14.9 Å². The topological polar surface area (TPSA) is 124 Å². The number of sulfonamides is 1. The summed E-state index contributed by atoms with van der Waals surface area (Å²) in [5, 5.41) is 3.87. The lowest BCUT2D eigenvalue weighted by Gasteiger charge is -2.28. The molecule has 0 atom stereocenters. The van der Waals surface area contributed by atoms with Crippen LogP contribution in [0.1, 0.15) is 18.6 Å². The maximum atomic E-state index is 13.0. The number of rotatable bonds is 7. The lowest BCUT2D eigenvalue weighted by atomic mass is 10.2. The van der Waals surface area contributed by atoms with Gasteiger partial charge in [-0.25, -0.2) is 8.42 Å². The molecule has 11 heteroatoms. The zero-order chi connectivity index (χ0) is 22.0. The first kappa shape index (κ1) is 20.7. The van der Waals surface area contributed by atoms with E-state index in [4.69, 9.17) is 14.0 Å². The highest BCUT2D eigenvalue weighted by Gasteiger charge is 2.29. The number of hydrogen-bond acceptors (Lipinski definition) is 8. The molecular formula is C20H20N4O6S. The molecule has 10 nitrogen and oxygen atoms in total. The summed E-state index contributed by atoms with van der Waals surface area (Å²) >= 11 is 0. The van der Waals surface area contributed by atoms with Gasteiger partial charge in [0.2, 0.25) is 5.89 Å². The lowest BCUT2D eigenvalue weighted by molar-refractivity contribution is -0.121. The third-order valence-electron chi connectivity index (χ3n) is 4.65. The Kier molecular flexibility index (Phi) is 5.51. The van der Waals surface area contributed by atoms with Gasteiger partial charge in [-0.2, -0.15) is 4.98 Å². The number of carbonyl (C=O) groups excluding carboxylic acids is 1. The molecule has 1 amide bonds. The minimum Gasteiger partial charge on any atom is -0.495 e. The van der Waals surface area contributed by atoms with Crippen molar-refractivity contribution in [3.8, 4) is 11.5 Å². The smallest absolute Gasteiger partial charge is 0.265 e. The second kappa shape index (κ2) is 8.26. The number of benzene rings is 2. The average Bonchev–Trinajstić information content (AvgIpc) is 3.23. The number of aryl methyl sites for hydroxylation is 1. The van der Waals surface area contributed by atoms with Gasteiger partial charge >= 0.3 is 0 Å². The van der Waals surface area contributed by atoms with Crippen molar-refractivity contribution in [3.63, 3.8) is 0 Å². The molecule has 2 aromatic carbocycles. The summed E-state index contributed by atoms with van der Waals surface area (Å²) in [6, 6.07) is 11.0. The number of para-hydroxylation sites is 2. The van der Waals surface area contributed by atoms with Gasteiger partial charge in [-0.15, -0.1) is 0 Å². The molecule has 2 heterocycles. The van der Waals surface area contributed by atoms with Gasteiger partial charge in [0.25, 0.3) is 15.9 Å². The Labute approximate surface area is 178 Å². The van der Waals surface area contributed by atoms with Crippen molar-refractivity contribution in [1.82, 2.24) is 10.1 Å². The van der Waals surface area contributed by atoms with Crippen LogP contribution >= 0.6 is 0 Å². The van der Waals surface area contributed by atoms with E-state index in [0.29, 0.717) is 41.0 Å². The normalized spacial score (nSPS) is 13.5. The van der Waals surface area contributed by atoms with Gasteiger partial charge in [-0.05, 0) is 30.3 Å². The molecule has 0 aliphatic carbocycles. The van der Waals surface area contributed by atoms with Crippen LogP contribution < -0.4 is 19.1 Å². The zero-order valence-electron chi connectivity index (χ0n) is 16.9. The van der Waals surface area contributed by atoms with Crippen molar-refractivity contribution in [1.29, 1.82) is 0 Å². The average molecular weight is 444 g/mol. The van der Waals surface area contributed by atoms with E-state index in [1.165, 1.54) is 30.2 Å². The first-order valence-corrected chi connectivity index (χ1v) is 10.9. The molecule has 0 fully saturated rings. The third-order valence-corrected chi connectivity index (χ3v) is 6.01. The minimum absolute atomic E-state index is 0.0299. The van der Waals surface area contributed by atoms with Crippen LogP contribution in [0.15, 0.2) is 51.9 Å². The Morgan fingerprint density at radius 2 is 2.03 bits per heavy atom. The number of ether oxygens (including phenoxy) is 2. The maximum absolute atomic E-state index is 13.0. The Hall–Kier alpha value is -3.60. The first-order valence-electron chi connectivity index (χ1n) is 9.45.